The highest BCUT2D eigenvalue weighted by Gasteiger charge is 2.37. The third-order valence-electron chi connectivity index (χ3n) is 3.74. The maximum Gasteiger partial charge on any atom is 0.163 e. The van der Waals surface area contributed by atoms with E-state index in [2.05, 4.69) is 48.5 Å². The molecule has 0 aromatic heterocycles. The second kappa shape index (κ2) is 5.39. The minimum Gasteiger partial charge on any atom is -0.350 e. The topological polar surface area (TPSA) is 18.5 Å². The molecule has 0 unspecified atom stereocenters. The van der Waals surface area contributed by atoms with Crippen LogP contribution in [0, 0.1) is 0 Å². The van der Waals surface area contributed by atoms with Gasteiger partial charge in [-0.25, -0.2) is 0 Å². The smallest absolute Gasteiger partial charge is 0.163 e. The van der Waals surface area contributed by atoms with Gasteiger partial charge in [0.15, 0.2) is 5.79 Å². The second-order valence-corrected chi connectivity index (χ2v) is 5.68. The van der Waals surface area contributed by atoms with Crippen LogP contribution < -0.4 is 0 Å². The molecule has 1 fully saturated rings. The van der Waals surface area contributed by atoms with Gasteiger partial charge in [-0.1, -0.05) is 60.7 Å². The van der Waals surface area contributed by atoms with E-state index in [1.807, 2.05) is 26.0 Å². The standard InChI is InChI=1S/C18H20O2/c1-18(2)19-13-16(14-9-5-3-6-10-14)17(20-18)15-11-7-4-8-12-15/h3-12,16-17H,13H2,1-2H3/t16-,17-/m1/s1. The van der Waals surface area contributed by atoms with Crippen LogP contribution in [0.1, 0.15) is 37.0 Å². The van der Waals surface area contributed by atoms with Crippen LogP contribution in [0.3, 0.4) is 0 Å². The molecule has 0 saturated carbocycles. The van der Waals surface area contributed by atoms with Crippen molar-refractivity contribution in [1.29, 1.82) is 0 Å². The van der Waals surface area contributed by atoms with Crippen LogP contribution in [0.2, 0.25) is 0 Å². The van der Waals surface area contributed by atoms with Crippen molar-refractivity contribution in [3.05, 3.63) is 71.8 Å². The molecule has 20 heavy (non-hydrogen) atoms. The van der Waals surface area contributed by atoms with Gasteiger partial charge in [0, 0.05) is 5.92 Å². The Morgan fingerprint density at radius 3 is 2.00 bits per heavy atom. The summed E-state index contributed by atoms with van der Waals surface area (Å²) in [5.41, 5.74) is 2.47. The first-order valence-corrected chi connectivity index (χ1v) is 7.07. The van der Waals surface area contributed by atoms with Gasteiger partial charge in [-0.15, -0.1) is 0 Å². The SMILES string of the molecule is CC1(C)OC[C@H](c2ccccc2)[C@@H](c2ccccc2)O1. The van der Waals surface area contributed by atoms with Gasteiger partial charge in [0.1, 0.15) is 0 Å². The lowest BCUT2D eigenvalue weighted by Gasteiger charge is -2.41. The Morgan fingerprint density at radius 1 is 0.850 bits per heavy atom. The van der Waals surface area contributed by atoms with Crippen molar-refractivity contribution in [3.63, 3.8) is 0 Å². The summed E-state index contributed by atoms with van der Waals surface area (Å²) in [5.74, 6) is -0.308. The van der Waals surface area contributed by atoms with Crippen LogP contribution in [-0.2, 0) is 9.47 Å². The normalized spacial score (nSPS) is 25.3. The first-order chi connectivity index (χ1) is 9.66. The van der Waals surface area contributed by atoms with E-state index in [-0.39, 0.29) is 12.0 Å². The fourth-order valence-electron chi connectivity index (χ4n) is 2.71. The fraction of sp³-hybridized carbons (Fsp3) is 0.333. The number of hydrogen-bond donors (Lipinski definition) is 0. The van der Waals surface area contributed by atoms with Crippen LogP contribution in [-0.4, -0.2) is 12.4 Å². The average Bonchev–Trinajstić information content (AvgIpc) is 2.48. The molecule has 2 nitrogen and oxygen atoms in total. The summed E-state index contributed by atoms with van der Waals surface area (Å²) in [5, 5.41) is 0. The second-order valence-electron chi connectivity index (χ2n) is 5.68. The van der Waals surface area contributed by atoms with E-state index in [0.29, 0.717) is 6.61 Å². The van der Waals surface area contributed by atoms with Gasteiger partial charge < -0.3 is 9.47 Å². The Bertz CT molecular complexity index is 548. The van der Waals surface area contributed by atoms with Gasteiger partial charge in [0.25, 0.3) is 0 Å². The molecule has 0 amide bonds. The molecule has 2 heteroatoms. The van der Waals surface area contributed by atoms with Crippen molar-refractivity contribution in [2.24, 2.45) is 0 Å². The highest BCUT2D eigenvalue weighted by molar-refractivity contribution is 5.27. The lowest BCUT2D eigenvalue weighted by atomic mass is 9.88. The zero-order valence-electron chi connectivity index (χ0n) is 12.0. The Hall–Kier alpha value is -1.64. The summed E-state index contributed by atoms with van der Waals surface area (Å²) in [6.45, 7) is 4.63. The van der Waals surface area contributed by atoms with E-state index < -0.39 is 5.79 Å². The minimum atomic E-state index is -0.536. The van der Waals surface area contributed by atoms with Gasteiger partial charge in [-0.2, -0.15) is 0 Å². The van der Waals surface area contributed by atoms with Crippen molar-refractivity contribution in [2.75, 3.05) is 6.61 Å². The highest BCUT2D eigenvalue weighted by atomic mass is 16.7. The van der Waals surface area contributed by atoms with Crippen molar-refractivity contribution in [1.82, 2.24) is 0 Å². The van der Waals surface area contributed by atoms with E-state index in [9.17, 15) is 0 Å². The molecule has 0 N–H and O–H groups in total. The monoisotopic (exact) mass is 268 g/mol. The van der Waals surface area contributed by atoms with Crippen molar-refractivity contribution < 1.29 is 9.47 Å². The fourth-order valence-corrected chi connectivity index (χ4v) is 2.71. The van der Waals surface area contributed by atoms with E-state index in [1.165, 1.54) is 11.1 Å². The van der Waals surface area contributed by atoms with E-state index in [4.69, 9.17) is 9.47 Å². The summed E-state index contributed by atoms with van der Waals surface area (Å²) >= 11 is 0. The summed E-state index contributed by atoms with van der Waals surface area (Å²) in [7, 11) is 0. The first kappa shape index (κ1) is 13.3. The molecular formula is C18H20O2. The predicted octanol–water partition coefficient (Wildman–Crippen LogP) is 4.29. The maximum absolute atomic E-state index is 6.20. The van der Waals surface area contributed by atoms with Crippen LogP contribution in [0.4, 0.5) is 0 Å². The quantitative estimate of drug-likeness (QED) is 0.808. The molecule has 0 aliphatic carbocycles. The Balaban J connectivity index is 1.96. The van der Waals surface area contributed by atoms with Gasteiger partial charge in [0.05, 0.1) is 12.7 Å². The molecule has 2 aromatic rings. The largest absolute Gasteiger partial charge is 0.350 e. The number of ether oxygens (including phenoxy) is 2. The molecule has 1 heterocycles. The number of benzene rings is 2. The van der Waals surface area contributed by atoms with Crippen LogP contribution >= 0.6 is 0 Å². The molecule has 2 atom stereocenters. The first-order valence-electron chi connectivity index (χ1n) is 7.07. The molecule has 1 aliphatic rings. The van der Waals surface area contributed by atoms with Gasteiger partial charge in [-0.3, -0.25) is 0 Å². The Labute approximate surface area is 120 Å². The maximum atomic E-state index is 6.20. The zero-order valence-corrected chi connectivity index (χ0v) is 12.0. The lowest BCUT2D eigenvalue weighted by Crippen LogP contribution is -2.40. The molecule has 1 aliphatic heterocycles. The molecule has 2 aromatic carbocycles. The Morgan fingerprint density at radius 2 is 1.40 bits per heavy atom. The predicted molar refractivity (Wildman–Crippen MR) is 79.5 cm³/mol. The molecule has 0 spiro atoms. The van der Waals surface area contributed by atoms with Crippen LogP contribution in [0.15, 0.2) is 60.7 Å². The molecule has 3 rings (SSSR count). The van der Waals surface area contributed by atoms with Gasteiger partial charge >= 0.3 is 0 Å². The van der Waals surface area contributed by atoms with Crippen molar-refractivity contribution >= 4 is 0 Å². The van der Waals surface area contributed by atoms with Crippen molar-refractivity contribution in [2.45, 2.75) is 31.7 Å². The molecule has 0 radical (unpaired) electrons. The van der Waals surface area contributed by atoms with Gasteiger partial charge in [0.2, 0.25) is 0 Å². The van der Waals surface area contributed by atoms with E-state index in [1.54, 1.807) is 0 Å². The average molecular weight is 268 g/mol. The summed E-state index contributed by atoms with van der Waals surface area (Å²) in [4.78, 5) is 0. The van der Waals surface area contributed by atoms with E-state index >= 15 is 0 Å². The van der Waals surface area contributed by atoms with Crippen LogP contribution in [0.25, 0.3) is 0 Å². The third kappa shape index (κ3) is 2.77. The molecule has 1 saturated heterocycles. The zero-order chi connectivity index (χ0) is 14.0. The molecule has 0 bridgehead atoms. The molecule has 104 valence electrons. The van der Waals surface area contributed by atoms with Crippen molar-refractivity contribution in [3.8, 4) is 0 Å². The molecular weight excluding hydrogens is 248 g/mol. The van der Waals surface area contributed by atoms with E-state index in [0.717, 1.165) is 0 Å². The van der Waals surface area contributed by atoms with Gasteiger partial charge in [-0.05, 0) is 25.0 Å². The number of rotatable bonds is 2. The number of hydrogen-bond acceptors (Lipinski definition) is 2. The minimum absolute atomic E-state index is 0.0300. The summed E-state index contributed by atoms with van der Waals surface area (Å²) in [6.07, 6.45) is 0.0300. The lowest BCUT2D eigenvalue weighted by molar-refractivity contribution is -0.283. The third-order valence-corrected chi connectivity index (χ3v) is 3.74. The summed E-state index contributed by atoms with van der Waals surface area (Å²) < 4.78 is 12.1. The highest BCUT2D eigenvalue weighted by Crippen LogP contribution is 2.41. The van der Waals surface area contributed by atoms with Crippen LogP contribution in [0.5, 0.6) is 0 Å². The summed E-state index contributed by atoms with van der Waals surface area (Å²) in [6, 6.07) is 20.9. The Kier molecular flexibility index (Phi) is 3.60.